The number of carbonyl (C=O) groups is 4. The van der Waals surface area contributed by atoms with Crippen molar-refractivity contribution in [3.8, 4) is 0 Å². The van der Waals surface area contributed by atoms with Crippen molar-refractivity contribution in [3.63, 3.8) is 0 Å². The van der Waals surface area contributed by atoms with E-state index in [9.17, 15) is 84.6 Å². The van der Waals surface area contributed by atoms with Crippen molar-refractivity contribution >= 4 is 46.5 Å². The molecular weight excluding hydrogens is 1020 g/mol. The number of nitro benzene ring substituents is 3. The number of hydrogen-bond acceptors (Lipinski definition) is 12. The second-order valence-corrected chi connectivity index (χ2v) is 19.3. The third kappa shape index (κ3) is 13.9. The molecule has 0 unspecified atom stereocenters. The van der Waals surface area contributed by atoms with Gasteiger partial charge >= 0.3 is 11.9 Å². The quantitative estimate of drug-likeness (QED) is 0.0466. The first-order valence-corrected chi connectivity index (χ1v) is 22.6. The van der Waals surface area contributed by atoms with Crippen LogP contribution in [0, 0.1) is 76.9 Å². The molecule has 0 saturated carbocycles. The van der Waals surface area contributed by atoms with Gasteiger partial charge in [0.15, 0.2) is 0 Å². The van der Waals surface area contributed by atoms with Crippen LogP contribution in [0.2, 0.25) is 0 Å². The number of methoxy groups -OCH3 is 1. The van der Waals surface area contributed by atoms with Crippen LogP contribution in [0.15, 0.2) is 48.5 Å². The lowest BCUT2D eigenvalue weighted by Crippen LogP contribution is -2.43. The van der Waals surface area contributed by atoms with Gasteiger partial charge in [-0.05, 0) is 93.2 Å². The predicted octanol–water partition coefficient (Wildman–Crippen LogP) is 9.78. The molecule has 26 heteroatoms. The van der Waals surface area contributed by atoms with Gasteiger partial charge in [-0.25, -0.2) is 35.1 Å². The summed E-state index contributed by atoms with van der Waals surface area (Å²) in [5, 5.41) is 40.3. The molecule has 3 N–H and O–H groups in total. The minimum atomic E-state index is -1.80. The first kappa shape index (κ1) is 61.5. The molecule has 0 aromatic heterocycles. The maximum absolute atomic E-state index is 14.1. The number of aliphatic carboxylic acids is 1. The summed E-state index contributed by atoms with van der Waals surface area (Å²) in [5.41, 5.74) is -4.63. The minimum absolute atomic E-state index is 0.0168. The Kier molecular flexibility index (Phi) is 19.7. The molecule has 6 rings (SSSR count). The molecular formula is C49H54F8N6O12. The van der Waals surface area contributed by atoms with E-state index in [1.54, 1.807) is 23.6 Å². The standard InChI is InChI=1S/C14H16F2N2O3.C14H18F2N2O.C11H11F2NO4.C10H9F2NO4/c1-14(2,13(19)17-5-3-4-6-17)12-10(15)7-9(18(20)21)8-11(12)16;1-14(2,13(19)18-5-3-4-6-18)12-10(15)7-9(17)8-11(12)16;1-11(2,10(15)18-3)9-7(12)4-6(14(16)17)5-8(9)13;1-10(2,9(14)15)8-6(11)3-5(13(16)17)4-7(8)12/h7-8H,3-6H2,1-2H3;7-8H,3-6,17H2,1-2H3;4-5H,1-3H3;3-4H,1-2H3,(H,14,15). The maximum atomic E-state index is 14.1. The summed E-state index contributed by atoms with van der Waals surface area (Å²) in [6.07, 6.45) is 3.61. The summed E-state index contributed by atoms with van der Waals surface area (Å²) in [5.74, 6) is -11.4. The summed E-state index contributed by atoms with van der Waals surface area (Å²) in [6.45, 7) is 13.2. The van der Waals surface area contributed by atoms with Gasteiger partial charge in [-0.1, -0.05) is 0 Å². The Labute approximate surface area is 423 Å². The van der Waals surface area contributed by atoms with Crippen LogP contribution in [0.1, 0.15) is 103 Å². The Balaban J connectivity index is 0.000000264. The van der Waals surface area contributed by atoms with Gasteiger partial charge in [0.25, 0.3) is 17.1 Å². The van der Waals surface area contributed by atoms with E-state index >= 15 is 0 Å². The van der Waals surface area contributed by atoms with Crippen LogP contribution in [0.3, 0.4) is 0 Å². The Morgan fingerprint density at radius 1 is 0.480 bits per heavy atom. The van der Waals surface area contributed by atoms with Gasteiger partial charge in [0.05, 0.1) is 79.9 Å². The van der Waals surface area contributed by atoms with Crippen molar-refractivity contribution in [2.75, 3.05) is 39.0 Å². The lowest BCUT2D eigenvalue weighted by atomic mass is 9.82. The number of carboxylic acid groups (broad SMARTS) is 1. The van der Waals surface area contributed by atoms with Crippen LogP contribution in [0.4, 0.5) is 57.9 Å². The number of likely N-dealkylation sites (tertiary alicyclic amines) is 2. The molecule has 2 fully saturated rings. The number of carbonyl (C=O) groups excluding carboxylic acids is 3. The molecule has 18 nitrogen and oxygen atoms in total. The molecule has 2 saturated heterocycles. The van der Waals surface area contributed by atoms with Crippen LogP contribution in [0.25, 0.3) is 0 Å². The summed E-state index contributed by atoms with van der Waals surface area (Å²) in [7, 11) is 1.09. The molecule has 4 aromatic carbocycles. The largest absolute Gasteiger partial charge is 0.481 e. The van der Waals surface area contributed by atoms with Crippen molar-refractivity contribution in [1.82, 2.24) is 9.80 Å². The van der Waals surface area contributed by atoms with E-state index in [0.29, 0.717) is 62.6 Å². The van der Waals surface area contributed by atoms with Crippen LogP contribution >= 0.6 is 0 Å². The number of benzene rings is 4. The molecule has 75 heavy (non-hydrogen) atoms. The minimum Gasteiger partial charge on any atom is -0.481 e. The Bertz CT molecular complexity index is 2790. The van der Waals surface area contributed by atoms with E-state index in [1.807, 2.05) is 0 Å². The molecule has 0 aliphatic carbocycles. The number of ether oxygens (including phenoxy) is 1. The number of hydrogen-bond donors (Lipinski definition) is 2. The van der Waals surface area contributed by atoms with E-state index in [0.717, 1.165) is 58.8 Å². The summed E-state index contributed by atoms with van der Waals surface area (Å²) >= 11 is 0. The highest BCUT2D eigenvalue weighted by atomic mass is 19.2. The van der Waals surface area contributed by atoms with Gasteiger partial charge in [0.1, 0.15) is 46.5 Å². The number of carboxylic acids is 1. The highest BCUT2D eigenvalue weighted by molar-refractivity contribution is 5.88. The van der Waals surface area contributed by atoms with Crippen molar-refractivity contribution in [3.05, 3.63) is 148 Å². The number of nitrogens with two attached hydrogens (primary N) is 1. The molecule has 2 heterocycles. The zero-order valence-electron chi connectivity index (χ0n) is 42.1. The predicted molar refractivity (Wildman–Crippen MR) is 253 cm³/mol. The Hall–Kier alpha value is -7.80. The molecule has 2 aliphatic rings. The highest BCUT2D eigenvalue weighted by Crippen LogP contribution is 2.37. The van der Waals surface area contributed by atoms with E-state index in [-0.39, 0.29) is 23.1 Å². The van der Waals surface area contributed by atoms with Crippen LogP contribution in [-0.4, -0.2) is 86.7 Å². The third-order valence-corrected chi connectivity index (χ3v) is 12.4. The monoisotopic (exact) mass is 1070 g/mol. The molecule has 2 amide bonds. The number of amides is 2. The first-order chi connectivity index (χ1) is 34.5. The van der Waals surface area contributed by atoms with Crippen molar-refractivity contribution in [2.24, 2.45) is 0 Å². The number of nitro groups is 3. The molecule has 0 radical (unpaired) electrons. The van der Waals surface area contributed by atoms with Gasteiger partial charge in [0, 0.05) is 54.1 Å². The van der Waals surface area contributed by atoms with Crippen LogP contribution in [0.5, 0.6) is 0 Å². The fourth-order valence-electron chi connectivity index (χ4n) is 8.29. The van der Waals surface area contributed by atoms with Gasteiger partial charge in [-0.2, -0.15) is 0 Å². The highest BCUT2D eigenvalue weighted by Gasteiger charge is 2.42. The maximum Gasteiger partial charge on any atom is 0.315 e. The molecule has 0 atom stereocenters. The zero-order chi connectivity index (χ0) is 57.5. The molecule has 408 valence electrons. The second-order valence-electron chi connectivity index (χ2n) is 19.3. The summed E-state index contributed by atoms with van der Waals surface area (Å²) < 4.78 is 115. The normalized spacial score (nSPS) is 13.6. The Morgan fingerprint density at radius 2 is 0.707 bits per heavy atom. The van der Waals surface area contributed by atoms with Crippen LogP contribution < -0.4 is 5.73 Å². The second kappa shape index (κ2) is 24.0. The summed E-state index contributed by atoms with van der Waals surface area (Å²) in [4.78, 5) is 79.1. The van der Waals surface area contributed by atoms with Crippen molar-refractivity contribution in [1.29, 1.82) is 0 Å². The fraction of sp³-hybridized carbons (Fsp3) is 0.429. The van der Waals surface area contributed by atoms with Crippen molar-refractivity contribution in [2.45, 2.75) is 103 Å². The fourth-order valence-corrected chi connectivity index (χ4v) is 8.29. The number of nitrogens with zero attached hydrogens (tertiary/aromatic N) is 5. The molecule has 4 aromatic rings. The number of esters is 1. The molecule has 2 aliphatic heterocycles. The topological polar surface area (TPSA) is 260 Å². The van der Waals surface area contributed by atoms with Crippen molar-refractivity contribution < 1.29 is 78.9 Å². The lowest BCUT2D eigenvalue weighted by Gasteiger charge is -2.30. The van der Waals surface area contributed by atoms with E-state index in [4.69, 9.17) is 10.8 Å². The first-order valence-electron chi connectivity index (χ1n) is 22.6. The summed E-state index contributed by atoms with van der Waals surface area (Å²) in [6, 6.07) is 5.56. The number of rotatable bonds is 11. The molecule has 0 spiro atoms. The third-order valence-electron chi connectivity index (χ3n) is 12.4. The average molecular weight is 1070 g/mol. The molecule has 0 bridgehead atoms. The number of non-ortho nitro benzene ring substituents is 3. The average Bonchev–Trinajstić information content (AvgIpc) is 4.04. The van der Waals surface area contributed by atoms with E-state index < -0.39 is 129 Å². The van der Waals surface area contributed by atoms with E-state index in [1.165, 1.54) is 27.7 Å². The number of nitrogen functional groups attached to an aromatic ring is 1. The van der Waals surface area contributed by atoms with Gasteiger partial charge < -0.3 is 25.4 Å². The van der Waals surface area contributed by atoms with Gasteiger partial charge in [-0.15, -0.1) is 0 Å². The smallest absolute Gasteiger partial charge is 0.315 e. The lowest BCUT2D eigenvalue weighted by molar-refractivity contribution is -0.385. The Morgan fingerprint density at radius 3 is 0.933 bits per heavy atom. The van der Waals surface area contributed by atoms with Gasteiger partial charge in [-0.3, -0.25) is 49.5 Å². The number of anilines is 1. The SMILES string of the molecule is CC(C)(C(=O)N1CCCC1)c1c(F)cc(N)cc1F.CC(C)(C(=O)N1CCCC1)c1c(F)cc([N+](=O)[O-])cc1F.CC(C)(C(=O)O)c1c(F)cc([N+](=O)[O-])cc1F.COC(=O)C(C)(C)c1c(F)cc([N+](=O)[O-])cc1F. The number of halogens is 8. The zero-order valence-corrected chi connectivity index (χ0v) is 42.1. The van der Waals surface area contributed by atoms with E-state index in [2.05, 4.69) is 4.74 Å². The van der Waals surface area contributed by atoms with Gasteiger partial charge in [0.2, 0.25) is 11.8 Å². The van der Waals surface area contributed by atoms with Crippen LogP contribution in [-0.2, 0) is 45.6 Å².